The summed E-state index contributed by atoms with van der Waals surface area (Å²) < 4.78 is 85.5. The van der Waals surface area contributed by atoms with Crippen LogP contribution in [0.4, 0.5) is 14.5 Å². The predicted molar refractivity (Wildman–Crippen MR) is 114 cm³/mol. The zero-order valence-electron chi connectivity index (χ0n) is 23.0. The average Bonchev–Trinajstić information content (AvgIpc) is 3.37. The van der Waals surface area contributed by atoms with E-state index < -0.39 is 54.6 Å². The number of aromatic nitrogens is 4. The number of fused-ring (bicyclic) bond motifs is 1. The fourth-order valence-corrected chi connectivity index (χ4v) is 4.06. The minimum atomic E-state index is -3.08. The number of nitrogens with one attached hydrogen (secondary N) is 2. The standard InChI is InChI=1S/C22H23F2N5O3/c1-5-17(30)26-14-10-25-29(2)22(14)21-12-7-6-11(8-13(12)27-28-21)18-19(23)15(31-3)9-16(32-4)20(18)24/h5,9-11H,1,6-8H2,2-4H3,(H,26,30)(H,27,28)/i3D3,4D3. The summed E-state index contributed by atoms with van der Waals surface area (Å²) in [7, 11) is -4.49. The summed E-state index contributed by atoms with van der Waals surface area (Å²) in [5.41, 5.74) is 2.14. The number of nitrogens with zero attached hydrogens (tertiary/aromatic N) is 3. The van der Waals surface area contributed by atoms with E-state index in [1.165, 1.54) is 10.9 Å². The number of amides is 1. The minimum absolute atomic E-state index is 0.0623. The molecular weight excluding hydrogens is 420 g/mol. The van der Waals surface area contributed by atoms with Crippen molar-refractivity contribution in [2.75, 3.05) is 19.4 Å². The van der Waals surface area contributed by atoms with Gasteiger partial charge in [0.05, 0.1) is 34.2 Å². The van der Waals surface area contributed by atoms with Crippen LogP contribution in [0.25, 0.3) is 11.4 Å². The third-order valence-corrected chi connectivity index (χ3v) is 5.55. The van der Waals surface area contributed by atoms with E-state index in [1.54, 1.807) is 7.05 Å². The number of carbonyl (C=O) groups is 1. The molecule has 1 unspecified atom stereocenters. The SMILES string of the molecule is [2H]C([2H])([2H])Oc1cc(OC([2H])([2H])[2H])c(F)c(C2CCc3c(-c4c(NC(=O)C=C)cnn4C)n[nH]c3C2)c1F. The van der Waals surface area contributed by atoms with E-state index >= 15 is 8.78 Å². The van der Waals surface area contributed by atoms with Crippen molar-refractivity contribution in [1.82, 2.24) is 20.0 Å². The van der Waals surface area contributed by atoms with Gasteiger partial charge in [-0.2, -0.15) is 10.2 Å². The molecule has 0 fully saturated rings. The van der Waals surface area contributed by atoms with Crippen molar-refractivity contribution in [2.24, 2.45) is 7.05 Å². The number of anilines is 1. The fraction of sp³-hybridized carbons (Fsp3) is 0.318. The van der Waals surface area contributed by atoms with E-state index in [1.807, 2.05) is 0 Å². The molecule has 1 amide bonds. The number of aryl methyl sites for hydroxylation is 1. The smallest absolute Gasteiger partial charge is 0.247 e. The van der Waals surface area contributed by atoms with Crippen LogP contribution in [-0.2, 0) is 24.7 Å². The quantitative estimate of drug-likeness (QED) is 0.562. The minimum Gasteiger partial charge on any atom is -0.494 e. The molecule has 0 spiro atoms. The summed E-state index contributed by atoms with van der Waals surface area (Å²) in [5.74, 6) is -5.50. The second kappa shape index (κ2) is 8.45. The highest BCUT2D eigenvalue weighted by Crippen LogP contribution is 2.42. The second-order valence-electron chi connectivity index (χ2n) is 7.31. The summed E-state index contributed by atoms with van der Waals surface area (Å²) >= 11 is 0. The van der Waals surface area contributed by atoms with Crippen molar-refractivity contribution in [3.8, 4) is 22.9 Å². The number of methoxy groups -OCH3 is 2. The Labute approximate surface area is 191 Å². The summed E-state index contributed by atoms with van der Waals surface area (Å²) in [5, 5.41) is 14.0. The van der Waals surface area contributed by atoms with Crippen molar-refractivity contribution in [2.45, 2.75) is 25.2 Å². The molecule has 2 heterocycles. The van der Waals surface area contributed by atoms with Gasteiger partial charge in [-0.25, -0.2) is 8.78 Å². The Morgan fingerprint density at radius 2 is 2.09 bits per heavy atom. The molecular formula is C22H23F2N5O3. The molecule has 1 aliphatic rings. The van der Waals surface area contributed by atoms with Crippen molar-refractivity contribution in [1.29, 1.82) is 0 Å². The largest absolute Gasteiger partial charge is 0.494 e. The van der Waals surface area contributed by atoms with Gasteiger partial charge in [0.1, 0.15) is 11.4 Å². The Hall–Kier alpha value is -3.69. The molecule has 0 saturated heterocycles. The highest BCUT2D eigenvalue weighted by atomic mass is 19.1. The van der Waals surface area contributed by atoms with Crippen LogP contribution in [0.1, 0.15) is 37.4 Å². The third-order valence-electron chi connectivity index (χ3n) is 5.55. The van der Waals surface area contributed by atoms with Crippen LogP contribution in [0.15, 0.2) is 24.9 Å². The van der Waals surface area contributed by atoms with Gasteiger partial charge in [0.2, 0.25) is 5.91 Å². The molecule has 0 radical (unpaired) electrons. The normalized spacial score (nSPS) is 18.8. The summed E-state index contributed by atoms with van der Waals surface area (Å²) in [4.78, 5) is 11.8. The van der Waals surface area contributed by atoms with Crippen LogP contribution in [0.2, 0.25) is 0 Å². The van der Waals surface area contributed by atoms with Crippen molar-refractivity contribution < 1.29 is 31.3 Å². The number of H-pyrrole nitrogens is 1. The van der Waals surface area contributed by atoms with Gasteiger partial charge in [-0.1, -0.05) is 6.58 Å². The first kappa shape index (κ1) is 15.2. The summed E-state index contributed by atoms with van der Waals surface area (Å²) in [6, 6.07) is 0.580. The van der Waals surface area contributed by atoms with E-state index in [-0.39, 0.29) is 12.8 Å². The van der Waals surface area contributed by atoms with Crippen LogP contribution < -0.4 is 14.8 Å². The maximum Gasteiger partial charge on any atom is 0.247 e. The number of hydrogen-bond donors (Lipinski definition) is 2. The van der Waals surface area contributed by atoms with Gasteiger partial charge in [0, 0.05) is 29.9 Å². The highest BCUT2D eigenvalue weighted by Gasteiger charge is 2.32. The Balaban J connectivity index is 1.73. The van der Waals surface area contributed by atoms with Crippen LogP contribution in [0.3, 0.4) is 0 Å². The van der Waals surface area contributed by atoms with E-state index in [4.69, 9.17) is 8.22 Å². The highest BCUT2D eigenvalue weighted by molar-refractivity contribution is 6.01. The molecule has 4 rings (SSSR count). The first-order valence-electron chi connectivity index (χ1n) is 12.6. The Morgan fingerprint density at radius 3 is 2.75 bits per heavy atom. The van der Waals surface area contributed by atoms with Gasteiger partial charge in [0.15, 0.2) is 23.1 Å². The number of hydrogen-bond acceptors (Lipinski definition) is 5. The van der Waals surface area contributed by atoms with Gasteiger partial charge in [-0.15, -0.1) is 0 Å². The van der Waals surface area contributed by atoms with Crippen LogP contribution >= 0.6 is 0 Å². The number of ether oxygens (including phenoxy) is 2. The van der Waals surface area contributed by atoms with Crippen LogP contribution in [0.5, 0.6) is 11.5 Å². The maximum absolute atomic E-state index is 15.4. The average molecular weight is 449 g/mol. The molecule has 3 aromatic rings. The van der Waals surface area contributed by atoms with Gasteiger partial charge in [-0.3, -0.25) is 14.6 Å². The lowest BCUT2D eigenvalue weighted by Gasteiger charge is -2.25. The van der Waals surface area contributed by atoms with Crippen molar-refractivity contribution in [3.05, 3.63) is 53.4 Å². The molecule has 168 valence electrons. The molecule has 1 aliphatic carbocycles. The molecule has 2 N–H and O–H groups in total. The monoisotopic (exact) mass is 449 g/mol. The topological polar surface area (TPSA) is 94.1 Å². The van der Waals surface area contributed by atoms with E-state index in [0.717, 1.165) is 11.6 Å². The molecule has 0 saturated carbocycles. The first-order valence-corrected chi connectivity index (χ1v) is 9.60. The molecule has 10 heteroatoms. The Morgan fingerprint density at radius 1 is 1.38 bits per heavy atom. The van der Waals surface area contributed by atoms with E-state index in [0.29, 0.717) is 35.3 Å². The van der Waals surface area contributed by atoms with E-state index in [9.17, 15) is 4.79 Å². The lowest BCUT2D eigenvalue weighted by molar-refractivity contribution is -0.111. The lowest BCUT2D eigenvalue weighted by atomic mass is 9.81. The van der Waals surface area contributed by atoms with Gasteiger partial charge in [0.25, 0.3) is 0 Å². The Bertz CT molecular complexity index is 1360. The third kappa shape index (κ3) is 3.51. The predicted octanol–water partition coefficient (Wildman–Crippen LogP) is 3.50. The maximum atomic E-state index is 15.4. The van der Waals surface area contributed by atoms with Gasteiger partial charge in [-0.05, 0) is 31.3 Å². The molecule has 1 aromatic carbocycles. The first-order chi connectivity index (χ1) is 17.7. The van der Waals surface area contributed by atoms with Gasteiger partial charge >= 0.3 is 0 Å². The molecule has 1 atom stereocenters. The number of benzene rings is 1. The molecule has 32 heavy (non-hydrogen) atoms. The molecule has 0 bridgehead atoms. The molecule has 8 nitrogen and oxygen atoms in total. The lowest BCUT2D eigenvalue weighted by Crippen LogP contribution is -2.16. The van der Waals surface area contributed by atoms with Crippen molar-refractivity contribution in [3.63, 3.8) is 0 Å². The van der Waals surface area contributed by atoms with Crippen molar-refractivity contribution >= 4 is 11.6 Å². The molecule has 2 aromatic heterocycles. The Kier molecular flexibility index (Phi) is 4.00. The zero-order chi connectivity index (χ0) is 28.0. The number of rotatable bonds is 6. The zero-order valence-corrected chi connectivity index (χ0v) is 17.0. The fourth-order valence-electron chi connectivity index (χ4n) is 4.06. The van der Waals surface area contributed by atoms with Crippen LogP contribution in [-0.4, -0.2) is 40.0 Å². The summed E-state index contributed by atoms with van der Waals surface area (Å²) in [6.07, 6.45) is 3.12. The van der Waals surface area contributed by atoms with Crippen LogP contribution in [0, 0.1) is 11.6 Å². The number of halogens is 2. The molecule has 0 aliphatic heterocycles. The number of carbonyl (C=O) groups excluding carboxylic acids is 1. The van der Waals surface area contributed by atoms with Gasteiger partial charge < -0.3 is 14.8 Å². The summed E-state index contributed by atoms with van der Waals surface area (Å²) in [6.45, 7) is 3.43. The number of aromatic amines is 1. The van der Waals surface area contributed by atoms with E-state index in [2.05, 4.69) is 36.7 Å². The second-order valence-corrected chi connectivity index (χ2v) is 7.31.